The number of hydrogen-bond acceptors (Lipinski definition) is 2. The summed E-state index contributed by atoms with van der Waals surface area (Å²) in [4.78, 5) is 12.0. The molecule has 0 aliphatic carbocycles. The predicted octanol–water partition coefficient (Wildman–Crippen LogP) is 3.11. The predicted molar refractivity (Wildman–Crippen MR) is 84.8 cm³/mol. The molecule has 1 amide bonds. The molecule has 1 aromatic rings. The highest BCUT2D eigenvalue weighted by molar-refractivity contribution is 5.81. The second kappa shape index (κ2) is 7.44. The zero-order valence-corrected chi connectivity index (χ0v) is 13.6. The van der Waals surface area contributed by atoms with Crippen molar-refractivity contribution in [1.29, 1.82) is 0 Å². The second-order valence-corrected chi connectivity index (χ2v) is 6.11. The highest BCUT2D eigenvalue weighted by Gasteiger charge is 2.17. The fraction of sp³-hybridized carbons (Fsp3) is 0.588. The molecule has 2 N–H and O–H groups in total. The van der Waals surface area contributed by atoms with E-state index in [1.54, 1.807) is 0 Å². The Kier molecular flexibility index (Phi) is 6.21. The molecule has 3 heteroatoms. The van der Waals surface area contributed by atoms with Crippen LogP contribution < -0.4 is 10.6 Å². The van der Waals surface area contributed by atoms with E-state index in [1.807, 2.05) is 6.92 Å². The second-order valence-electron chi connectivity index (χ2n) is 6.11. The van der Waals surface area contributed by atoms with Gasteiger partial charge in [-0.15, -0.1) is 0 Å². The molecule has 2 unspecified atom stereocenters. The van der Waals surface area contributed by atoms with Crippen molar-refractivity contribution in [3.05, 3.63) is 34.9 Å². The lowest BCUT2D eigenvalue weighted by molar-refractivity contribution is -0.123. The minimum absolute atomic E-state index is 0.0656. The number of benzene rings is 1. The Labute approximate surface area is 123 Å². The SMILES string of the molecule is Cc1ccc(C)c(C(C)NC(C)C(=O)NCC(C)C)c1. The molecular formula is C17H28N2O. The van der Waals surface area contributed by atoms with Crippen molar-refractivity contribution < 1.29 is 4.79 Å². The van der Waals surface area contributed by atoms with Crippen LogP contribution in [0.2, 0.25) is 0 Å². The third kappa shape index (κ3) is 4.97. The first-order valence-electron chi connectivity index (χ1n) is 7.42. The largest absolute Gasteiger partial charge is 0.354 e. The Balaban J connectivity index is 2.63. The summed E-state index contributed by atoms with van der Waals surface area (Å²) < 4.78 is 0. The van der Waals surface area contributed by atoms with Crippen molar-refractivity contribution in [1.82, 2.24) is 10.6 Å². The number of amides is 1. The van der Waals surface area contributed by atoms with E-state index in [0.717, 1.165) is 6.54 Å². The molecule has 0 aromatic heterocycles. The number of rotatable bonds is 6. The van der Waals surface area contributed by atoms with Gasteiger partial charge in [0.1, 0.15) is 0 Å². The third-order valence-electron chi connectivity index (χ3n) is 3.48. The van der Waals surface area contributed by atoms with E-state index in [0.29, 0.717) is 5.92 Å². The molecule has 112 valence electrons. The van der Waals surface area contributed by atoms with Gasteiger partial charge in [-0.25, -0.2) is 0 Å². The zero-order chi connectivity index (χ0) is 15.3. The monoisotopic (exact) mass is 276 g/mol. The van der Waals surface area contributed by atoms with Crippen LogP contribution in [0.15, 0.2) is 18.2 Å². The summed E-state index contributed by atoms with van der Waals surface area (Å²) in [5, 5.41) is 6.34. The molecule has 1 aromatic carbocycles. The van der Waals surface area contributed by atoms with Crippen molar-refractivity contribution in [3.8, 4) is 0 Å². The van der Waals surface area contributed by atoms with Crippen LogP contribution in [0.5, 0.6) is 0 Å². The molecule has 0 saturated carbocycles. The summed E-state index contributed by atoms with van der Waals surface area (Å²) in [6.07, 6.45) is 0. The summed E-state index contributed by atoms with van der Waals surface area (Å²) in [7, 11) is 0. The summed E-state index contributed by atoms with van der Waals surface area (Å²) >= 11 is 0. The minimum atomic E-state index is -0.191. The van der Waals surface area contributed by atoms with Crippen LogP contribution in [0.4, 0.5) is 0 Å². The van der Waals surface area contributed by atoms with Crippen LogP contribution in [0.3, 0.4) is 0 Å². The molecule has 0 aliphatic rings. The molecule has 0 saturated heterocycles. The molecule has 0 fully saturated rings. The zero-order valence-electron chi connectivity index (χ0n) is 13.6. The highest BCUT2D eigenvalue weighted by Crippen LogP contribution is 2.19. The van der Waals surface area contributed by atoms with Crippen LogP contribution in [0, 0.1) is 19.8 Å². The normalized spacial score (nSPS) is 14.2. The lowest BCUT2D eigenvalue weighted by atomic mass is 9.99. The first-order valence-corrected chi connectivity index (χ1v) is 7.42. The fourth-order valence-corrected chi connectivity index (χ4v) is 2.22. The van der Waals surface area contributed by atoms with Gasteiger partial charge in [0.2, 0.25) is 5.91 Å². The van der Waals surface area contributed by atoms with Gasteiger partial charge in [-0.05, 0) is 44.7 Å². The van der Waals surface area contributed by atoms with Gasteiger partial charge in [-0.1, -0.05) is 37.6 Å². The van der Waals surface area contributed by atoms with Gasteiger partial charge in [-0.3, -0.25) is 10.1 Å². The van der Waals surface area contributed by atoms with E-state index < -0.39 is 0 Å². The van der Waals surface area contributed by atoms with E-state index in [9.17, 15) is 4.79 Å². The van der Waals surface area contributed by atoms with Crippen molar-refractivity contribution in [2.24, 2.45) is 5.92 Å². The van der Waals surface area contributed by atoms with Gasteiger partial charge in [-0.2, -0.15) is 0 Å². The molecule has 0 bridgehead atoms. The van der Waals surface area contributed by atoms with Crippen LogP contribution in [-0.2, 0) is 4.79 Å². The number of nitrogens with one attached hydrogen (secondary N) is 2. The Hall–Kier alpha value is -1.35. The standard InChI is InChI=1S/C17H28N2O/c1-11(2)10-18-17(20)15(6)19-14(5)16-9-12(3)7-8-13(16)4/h7-9,11,14-15,19H,10H2,1-6H3,(H,18,20). The molecule has 1 rings (SSSR count). The smallest absolute Gasteiger partial charge is 0.236 e. The molecule has 20 heavy (non-hydrogen) atoms. The van der Waals surface area contributed by atoms with Crippen molar-refractivity contribution in [3.63, 3.8) is 0 Å². The van der Waals surface area contributed by atoms with Crippen LogP contribution in [-0.4, -0.2) is 18.5 Å². The van der Waals surface area contributed by atoms with Crippen LogP contribution in [0.1, 0.15) is 50.4 Å². The Bertz CT molecular complexity index is 454. The van der Waals surface area contributed by atoms with Gasteiger partial charge in [0.25, 0.3) is 0 Å². The quantitative estimate of drug-likeness (QED) is 0.838. The minimum Gasteiger partial charge on any atom is -0.354 e. The maximum atomic E-state index is 12.0. The average Bonchev–Trinajstić information content (AvgIpc) is 2.38. The first kappa shape index (κ1) is 16.7. The van der Waals surface area contributed by atoms with Crippen molar-refractivity contribution in [2.45, 2.75) is 53.6 Å². The van der Waals surface area contributed by atoms with Gasteiger partial charge in [0.05, 0.1) is 6.04 Å². The van der Waals surface area contributed by atoms with Gasteiger partial charge in [0, 0.05) is 12.6 Å². The molecular weight excluding hydrogens is 248 g/mol. The van der Waals surface area contributed by atoms with E-state index >= 15 is 0 Å². The first-order chi connectivity index (χ1) is 9.31. The topological polar surface area (TPSA) is 41.1 Å². The van der Waals surface area contributed by atoms with Crippen LogP contribution >= 0.6 is 0 Å². The van der Waals surface area contributed by atoms with E-state index in [-0.39, 0.29) is 18.0 Å². The average molecular weight is 276 g/mol. The lowest BCUT2D eigenvalue weighted by Crippen LogP contribution is -2.44. The maximum absolute atomic E-state index is 12.0. The van der Waals surface area contributed by atoms with Gasteiger partial charge < -0.3 is 5.32 Å². The summed E-state index contributed by atoms with van der Waals surface area (Å²) in [6, 6.07) is 6.40. The van der Waals surface area contributed by atoms with E-state index in [4.69, 9.17) is 0 Å². The lowest BCUT2D eigenvalue weighted by Gasteiger charge is -2.22. The molecule has 0 heterocycles. The van der Waals surface area contributed by atoms with Crippen molar-refractivity contribution >= 4 is 5.91 Å². The molecule has 0 spiro atoms. The van der Waals surface area contributed by atoms with E-state index in [2.05, 4.69) is 63.5 Å². The van der Waals surface area contributed by atoms with Gasteiger partial charge >= 0.3 is 0 Å². The summed E-state index contributed by atoms with van der Waals surface area (Å²) in [5.41, 5.74) is 3.76. The number of carbonyl (C=O) groups excluding carboxylic acids is 1. The number of hydrogen-bond donors (Lipinski definition) is 2. The Morgan fingerprint density at radius 1 is 1.15 bits per heavy atom. The molecule has 0 aliphatic heterocycles. The highest BCUT2D eigenvalue weighted by atomic mass is 16.2. The number of aryl methyl sites for hydroxylation is 2. The Morgan fingerprint density at radius 2 is 1.80 bits per heavy atom. The molecule has 2 atom stereocenters. The van der Waals surface area contributed by atoms with Crippen molar-refractivity contribution in [2.75, 3.05) is 6.54 Å². The van der Waals surface area contributed by atoms with E-state index in [1.165, 1.54) is 16.7 Å². The summed E-state index contributed by atoms with van der Waals surface area (Å²) in [6.45, 7) is 13.1. The fourth-order valence-electron chi connectivity index (χ4n) is 2.22. The molecule has 0 radical (unpaired) electrons. The van der Waals surface area contributed by atoms with Crippen LogP contribution in [0.25, 0.3) is 0 Å². The summed E-state index contributed by atoms with van der Waals surface area (Å²) in [5.74, 6) is 0.540. The molecule has 3 nitrogen and oxygen atoms in total. The number of carbonyl (C=O) groups is 1. The Morgan fingerprint density at radius 3 is 2.40 bits per heavy atom. The van der Waals surface area contributed by atoms with Gasteiger partial charge in [0.15, 0.2) is 0 Å². The third-order valence-corrected chi connectivity index (χ3v) is 3.48. The maximum Gasteiger partial charge on any atom is 0.236 e.